The van der Waals surface area contributed by atoms with Crippen molar-refractivity contribution in [3.63, 3.8) is 0 Å². The summed E-state index contributed by atoms with van der Waals surface area (Å²) in [7, 11) is 1.67. The highest BCUT2D eigenvalue weighted by Crippen LogP contribution is 2.62. The molecule has 168 valence electrons. The van der Waals surface area contributed by atoms with E-state index in [1.807, 2.05) is 30.3 Å². The Morgan fingerprint density at radius 2 is 1.75 bits per heavy atom. The minimum Gasteiger partial charge on any atom is -0.508 e. The molecule has 0 radical (unpaired) electrons. The standard InChI is InChI=1S/C28H32O4/c1-3-32-27(30)9-5-18-4-8-26(31-2)23(13-18)22-6-7-25(29)24(14-22)28-15-19-10-20(16-28)12-21(11-19)17-28/h4-9,13-14,19-21,29H,3,10-12,15-17H2,1-2H3. The van der Waals surface area contributed by atoms with Gasteiger partial charge in [-0.3, -0.25) is 0 Å². The molecular weight excluding hydrogens is 400 g/mol. The van der Waals surface area contributed by atoms with E-state index in [1.165, 1.54) is 44.6 Å². The van der Waals surface area contributed by atoms with Crippen LogP contribution in [0.15, 0.2) is 42.5 Å². The normalized spacial score (nSPS) is 28.2. The SMILES string of the molecule is CCOC(=O)C=Cc1ccc(OC)c(-c2ccc(O)c(C34CC5CC(CC(C5)C3)C4)c2)c1. The molecule has 2 aromatic carbocycles. The Morgan fingerprint density at radius 1 is 1.06 bits per heavy atom. The van der Waals surface area contributed by atoms with Crippen LogP contribution in [0.25, 0.3) is 17.2 Å². The smallest absolute Gasteiger partial charge is 0.330 e. The van der Waals surface area contributed by atoms with E-state index in [1.54, 1.807) is 20.1 Å². The van der Waals surface area contributed by atoms with E-state index in [9.17, 15) is 9.90 Å². The molecule has 4 bridgehead atoms. The number of ether oxygens (including phenoxy) is 2. The lowest BCUT2D eigenvalue weighted by atomic mass is 9.48. The minimum absolute atomic E-state index is 0.115. The Hall–Kier alpha value is -2.75. The van der Waals surface area contributed by atoms with Gasteiger partial charge in [0.15, 0.2) is 0 Å². The Balaban J connectivity index is 1.52. The molecule has 4 saturated carbocycles. The molecule has 1 N–H and O–H groups in total. The molecule has 4 heteroatoms. The molecule has 4 fully saturated rings. The van der Waals surface area contributed by atoms with Crippen molar-refractivity contribution >= 4 is 12.0 Å². The second-order valence-corrected chi connectivity index (χ2v) is 9.97. The van der Waals surface area contributed by atoms with Crippen LogP contribution >= 0.6 is 0 Å². The zero-order chi connectivity index (χ0) is 22.3. The maximum Gasteiger partial charge on any atom is 0.330 e. The van der Waals surface area contributed by atoms with Crippen LogP contribution in [0.4, 0.5) is 0 Å². The van der Waals surface area contributed by atoms with Crippen LogP contribution < -0.4 is 4.74 Å². The van der Waals surface area contributed by atoms with Gasteiger partial charge in [0.2, 0.25) is 0 Å². The van der Waals surface area contributed by atoms with Gasteiger partial charge in [-0.25, -0.2) is 4.79 Å². The van der Waals surface area contributed by atoms with Gasteiger partial charge in [0.25, 0.3) is 0 Å². The second kappa shape index (κ2) is 8.31. The summed E-state index contributed by atoms with van der Waals surface area (Å²) in [5.74, 6) is 3.30. The first-order chi connectivity index (χ1) is 15.5. The third kappa shape index (κ3) is 3.80. The molecule has 4 aliphatic carbocycles. The number of carbonyl (C=O) groups is 1. The molecule has 0 unspecified atom stereocenters. The lowest BCUT2D eigenvalue weighted by Crippen LogP contribution is -2.48. The summed E-state index contributed by atoms with van der Waals surface area (Å²) in [6.45, 7) is 2.15. The average molecular weight is 433 g/mol. The highest BCUT2D eigenvalue weighted by atomic mass is 16.5. The van der Waals surface area contributed by atoms with Gasteiger partial charge in [0.1, 0.15) is 11.5 Å². The van der Waals surface area contributed by atoms with Crippen molar-refractivity contribution in [2.24, 2.45) is 17.8 Å². The van der Waals surface area contributed by atoms with Gasteiger partial charge >= 0.3 is 5.97 Å². The lowest BCUT2D eigenvalue weighted by molar-refractivity contribution is -0.137. The molecule has 0 aromatic heterocycles. The summed E-state index contributed by atoms with van der Waals surface area (Å²) < 4.78 is 10.7. The van der Waals surface area contributed by atoms with Crippen LogP contribution in [-0.2, 0) is 14.9 Å². The van der Waals surface area contributed by atoms with E-state index in [4.69, 9.17) is 9.47 Å². The maximum absolute atomic E-state index is 11.7. The van der Waals surface area contributed by atoms with Crippen molar-refractivity contribution in [2.45, 2.75) is 50.9 Å². The summed E-state index contributed by atoms with van der Waals surface area (Å²) in [4.78, 5) is 11.7. The summed E-state index contributed by atoms with van der Waals surface area (Å²) >= 11 is 0. The Labute approximate surface area is 190 Å². The van der Waals surface area contributed by atoms with Crippen molar-refractivity contribution in [1.82, 2.24) is 0 Å². The van der Waals surface area contributed by atoms with E-state index in [-0.39, 0.29) is 11.4 Å². The number of phenols is 1. The van der Waals surface area contributed by atoms with Gasteiger partial charge in [-0.2, -0.15) is 0 Å². The monoisotopic (exact) mass is 432 g/mol. The van der Waals surface area contributed by atoms with Crippen molar-refractivity contribution in [1.29, 1.82) is 0 Å². The van der Waals surface area contributed by atoms with E-state index in [2.05, 4.69) is 6.07 Å². The third-order valence-corrected chi connectivity index (χ3v) is 7.84. The molecular formula is C28H32O4. The average Bonchev–Trinajstić information content (AvgIpc) is 2.77. The number of aromatic hydroxyl groups is 1. The van der Waals surface area contributed by atoms with Gasteiger partial charge in [-0.1, -0.05) is 12.1 Å². The number of methoxy groups -OCH3 is 1. The predicted molar refractivity (Wildman–Crippen MR) is 126 cm³/mol. The summed E-state index contributed by atoms with van der Waals surface area (Å²) in [6, 6.07) is 11.9. The Kier molecular flexibility index (Phi) is 5.48. The quantitative estimate of drug-likeness (QED) is 0.442. The first kappa shape index (κ1) is 21.1. The zero-order valence-corrected chi connectivity index (χ0v) is 19.0. The van der Waals surface area contributed by atoms with E-state index < -0.39 is 0 Å². The third-order valence-electron chi connectivity index (χ3n) is 7.84. The van der Waals surface area contributed by atoms with Gasteiger partial charge in [0, 0.05) is 17.2 Å². The molecule has 6 rings (SSSR count). The van der Waals surface area contributed by atoms with Crippen LogP contribution in [0, 0.1) is 17.8 Å². The van der Waals surface area contributed by atoms with Crippen LogP contribution in [0.1, 0.15) is 56.6 Å². The first-order valence-electron chi connectivity index (χ1n) is 11.9. The lowest BCUT2D eigenvalue weighted by Gasteiger charge is -2.57. The molecule has 0 saturated heterocycles. The molecule has 0 spiro atoms. The van der Waals surface area contributed by atoms with E-state index in [0.29, 0.717) is 12.4 Å². The number of phenolic OH excluding ortho intramolecular Hbond substituents is 1. The van der Waals surface area contributed by atoms with Crippen LogP contribution in [0.5, 0.6) is 11.5 Å². The van der Waals surface area contributed by atoms with Crippen molar-refractivity contribution in [3.8, 4) is 22.6 Å². The van der Waals surface area contributed by atoms with Crippen molar-refractivity contribution < 1.29 is 19.4 Å². The molecule has 0 heterocycles. The predicted octanol–water partition coefficient (Wildman–Crippen LogP) is 6.11. The largest absolute Gasteiger partial charge is 0.508 e. The number of rotatable bonds is 6. The van der Waals surface area contributed by atoms with Gasteiger partial charge in [-0.15, -0.1) is 0 Å². The molecule has 0 amide bonds. The Morgan fingerprint density at radius 3 is 2.38 bits per heavy atom. The number of benzene rings is 2. The molecule has 4 aliphatic rings. The molecule has 32 heavy (non-hydrogen) atoms. The second-order valence-electron chi connectivity index (χ2n) is 9.97. The summed E-state index contributed by atoms with van der Waals surface area (Å²) in [6.07, 6.45) is 11.0. The summed E-state index contributed by atoms with van der Waals surface area (Å²) in [5, 5.41) is 10.9. The van der Waals surface area contributed by atoms with E-state index >= 15 is 0 Å². The van der Waals surface area contributed by atoms with Crippen LogP contribution in [-0.4, -0.2) is 24.8 Å². The fourth-order valence-electron chi connectivity index (χ4n) is 6.98. The maximum atomic E-state index is 11.7. The Bertz CT molecular complexity index is 1020. The van der Waals surface area contributed by atoms with Crippen LogP contribution in [0.2, 0.25) is 0 Å². The molecule has 0 aliphatic heterocycles. The number of esters is 1. The van der Waals surface area contributed by atoms with Gasteiger partial charge in [0.05, 0.1) is 13.7 Å². The van der Waals surface area contributed by atoms with Crippen molar-refractivity contribution in [2.75, 3.05) is 13.7 Å². The number of hydrogen-bond donors (Lipinski definition) is 1. The van der Waals surface area contributed by atoms with Gasteiger partial charge in [-0.05, 0) is 110 Å². The first-order valence-corrected chi connectivity index (χ1v) is 11.9. The zero-order valence-electron chi connectivity index (χ0n) is 19.0. The fraction of sp³-hybridized carbons (Fsp3) is 0.464. The van der Waals surface area contributed by atoms with Crippen LogP contribution in [0.3, 0.4) is 0 Å². The molecule has 2 aromatic rings. The van der Waals surface area contributed by atoms with Gasteiger partial charge < -0.3 is 14.6 Å². The number of carbonyl (C=O) groups excluding carboxylic acids is 1. The summed E-state index contributed by atoms with van der Waals surface area (Å²) in [5.41, 5.74) is 4.13. The van der Waals surface area contributed by atoms with Crippen molar-refractivity contribution in [3.05, 3.63) is 53.6 Å². The number of hydrogen-bond acceptors (Lipinski definition) is 4. The highest BCUT2D eigenvalue weighted by molar-refractivity contribution is 5.87. The van der Waals surface area contributed by atoms with E-state index in [0.717, 1.165) is 45.8 Å². The molecule has 0 atom stereocenters. The highest BCUT2D eigenvalue weighted by Gasteiger charge is 2.52. The minimum atomic E-state index is -0.349. The molecule has 4 nitrogen and oxygen atoms in total. The fourth-order valence-corrected chi connectivity index (χ4v) is 6.98. The topological polar surface area (TPSA) is 55.8 Å².